The summed E-state index contributed by atoms with van der Waals surface area (Å²) in [5.41, 5.74) is 0. The van der Waals surface area contributed by atoms with Crippen LogP contribution in [0.15, 0.2) is 23.4 Å². The summed E-state index contributed by atoms with van der Waals surface area (Å²) >= 11 is 5.57. The van der Waals surface area contributed by atoms with Gasteiger partial charge in [0.15, 0.2) is 5.82 Å². The van der Waals surface area contributed by atoms with Gasteiger partial charge < -0.3 is 0 Å². The fourth-order valence-corrected chi connectivity index (χ4v) is 3.32. The standard InChI is InChI=1S/C11H16ClFN2O2S/c1-9(2)15(8-4-6-12)18(16,17)11-10(13)5-3-7-14-11/h3,5,7,9H,4,6,8H2,1-2H3. The maximum Gasteiger partial charge on any atom is 0.263 e. The van der Waals surface area contributed by atoms with Crippen molar-refractivity contribution in [2.24, 2.45) is 0 Å². The van der Waals surface area contributed by atoms with Gasteiger partial charge in [-0.15, -0.1) is 11.6 Å². The van der Waals surface area contributed by atoms with Crippen LogP contribution in [0.25, 0.3) is 0 Å². The second-order valence-corrected chi connectivity index (χ2v) is 6.23. The summed E-state index contributed by atoms with van der Waals surface area (Å²) in [7, 11) is -3.91. The summed E-state index contributed by atoms with van der Waals surface area (Å²) in [5, 5.41) is -0.534. The number of hydrogen-bond donors (Lipinski definition) is 0. The van der Waals surface area contributed by atoms with Crippen molar-refractivity contribution < 1.29 is 12.8 Å². The van der Waals surface area contributed by atoms with Gasteiger partial charge in [0.2, 0.25) is 5.03 Å². The molecule has 0 saturated carbocycles. The van der Waals surface area contributed by atoms with Crippen molar-refractivity contribution in [3.8, 4) is 0 Å². The van der Waals surface area contributed by atoms with Gasteiger partial charge >= 0.3 is 0 Å². The van der Waals surface area contributed by atoms with Gasteiger partial charge in [-0.2, -0.15) is 4.31 Å². The van der Waals surface area contributed by atoms with Gasteiger partial charge in [-0.1, -0.05) is 0 Å². The van der Waals surface area contributed by atoms with Crippen LogP contribution in [0, 0.1) is 5.82 Å². The predicted molar refractivity (Wildman–Crippen MR) is 68.6 cm³/mol. The van der Waals surface area contributed by atoms with Crippen LogP contribution in [0.3, 0.4) is 0 Å². The van der Waals surface area contributed by atoms with Gasteiger partial charge in [-0.25, -0.2) is 17.8 Å². The molecule has 0 aliphatic heterocycles. The topological polar surface area (TPSA) is 50.3 Å². The molecule has 18 heavy (non-hydrogen) atoms. The number of hydrogen-bond acceptors (Lipinski definition) is 3. The van der Waals surface area contributed by atoms with Crippen LogP contribution in [0.2, 0.25) is 0 Å². The highest BCUT2D eigenvalue weighted by Crippen LogP contribution is 2.19. The van der Waals surface area contributed by atoms with Crippen molar-refractivity contribution in [2.75, 3.05) is 12.4 Å². The monoisotopic (exact) mass is 294 g/mol. The third-order valence-corrected chi connectivity index (χ3v) is 4.64. The second-order valence-electron chi connectivity index (χ2n) is 4.04. The summed E-state index contributed by atoms with van der Waals surface area (Å²) < 4.78 is 39.3. The maximum absolute atomic E-state index is 13.5. The number of sulfonamides is 1. The van der Waals surface area contributed by atoms with Crippen LogP contribution >= 0.6 is 11.6 Å². The average molecular weight is 295 g/mol. The fraction of sp³-hybridized carbons (Fsp3) is 0.545. The molecule has 1 aromatic heterocycles. The predicted octanol–water partition coefficient (Wildman–Crippen LogP) is 2.25. The molecule has 0 bridgehead atoms. The van der Waals surface area contributed by atoms with E-state index in [0.717, 1.165) is 6.07 Å². The Labute approximate surface area is 112 Å². The Hall–Kier alpha value is -0.720. The molecule has 1 heterocycles. The minimum atomic E-state index is -3.91. The summed E-state index contributed by atoms with van der Waals surface area (Å²) in [6.45, 7) is 3.71. The lowest BCUT2D eigenvalue weighted by Gasteiger charge is -2.25. The van der Waals surface area contributed by atoms with E-state index >= 15 is 0 Å². The number of rotatable bonds is 6. The van der Waals surface area contributed by atoms with E-state index in [-0.39, 0.29) is 12.6 Å². The molecule has 102 valence electrons. The smallest absolute Gasteiger partial charge is 0.241 e. The molecule has 0 spiro atoms. The highest BCUT2D eigenvalue weighted by atomic mass is 35.5. The second kappa shape index (κ2) is 6.45. The van der Waals surface area contributed by atoms with Crippen LogP contribution in [-0.4, -0.2) is 36.2 Å². The van der Waals surface area contributed by atoms with E-state index in [4.69, 9.17) is 11.6 Å². The SMILES string of the molecule is CC(C)N(CCCCl)S(=O)(=O)c1ncccc1F. The highest BCUT2D eigenvalue weighted by molar-refractivity contribution is 7.89. The van der Waals surface area contributed by atoms with E-state index in [9.17, 15) is 12.8 Å². The van der Waals surface area contributed by atoms with Crippen LogP contribution < -0.4 is 0 Å². The quantitative estimate of drug-likeness (QED) is 0.756. The molecule has 1 aromatic rings. The first kappa shape index (κ1) is 15.3. The highest BCUT2D eigenvalue weighted by Gasteiger charge is 2.30. The van der Waals surface area contributed by atoms with Crippen molar-refractivity contribution in [2.45, 2.75) is 31.3 Å². The Balaban J connectivity index is 3.14. The van der Waals surface area contributed by atoms with Gasteiger partial charge in [0.25, 0.3) is 10.0 Å². The Morgan fingerprint density at radius 2 is 2.17 bits per heavy atom. The third-order valence-electron chi connectivity index (χ3n) is 2.37. The molecule has 0 amide bonds. The van der Waals surface area contributed by atoms with Crippen LogP contribution in [0.4, 0.5) is 4.39 Å². The van der Waals surface area contributed by atoms with Crippen molar-refractivity contribution in [3.63, 3.8) is 0 Å². The zero-order valence-corrected chi connectivity index (χ0v) is 11.9. The maximum atomic E-state index is 13.5. The molecule has 4 nitrogen and oxygen atoms in total. The number of pyridine rings is 1. The fourth-order valence-electron chi connectivity index (χ4n) is 1.54. The number of aromatic nitrogens is 1. The molecule has 0 fully saturated rings. The molecule has 0 unspecified atom stereocenters. The zero-order chi connectivity index (χ0) is 13.8. The molecule has 0 radical (unpaired) electrons. The largest absolute Gasteiger partial charge is 0.263 e. The molecule has 0 atom stereocenters. The Morgan fingerprint density at radius 3 is 2.67 bits per heavy atom. The van der Waals surface area contributed by atoms with Gasteiger partial charge in [0.05, 0.1) is 0 Å². The summed E-state index contributed by atoms with van der Waals surface area (Å²) in [6, 6.07) is 2.16. The molecule has 0 aliphatic carbocycles. The van der Waals surface area contributed by atoms with Crippen LogP contribution in [0.1, 0.15) is 20.3 Å². The first-order valence-corrected chi connectivity index (χ1v) is 7.57. The molecular weight excluding hydrogens is 279 g/mol. The van der Waals surface area contributed by atoms with Crippen molar-refractivity contribution in [1.82, 2.24) is 9.29 Å². The molecule has 0 saturated heterocycles. The first-order valence-electron chi connectivity index (χ1n) is 5.59. The van der Waals surface area contributed by atoms with Gasteiger partial charge in [0.1, 0.15) is 0 Å². The van der Waals surface area contributed by atoms with E-state index in [1.165, 1.54) is 16.6 Å². The number of alkyl halides is 1. The zero-order valence-electron chi connectivity index (χ0n) is 10.3. The number of nitrogens with zero attached hydrogens (tertiary/aromatic N) is 2. The lowest BCUT2D eigenvalue weighted by molar-refractivity contribution is 0.351. The van der Waals surface area contributed by atoms with Crippen LogP contribution in [-0.2, 0) is 10.0 Å². The average Bonchev–Trinajstić information content (AvgIpc) is 2.29. The Bertz CT molecular complexity index is 494. The third kappa shape index (κ3) is 3.40. The summed E-state index contributed by atoms with van der Waals surface area (Å²) in [4.78, 5) is 3.62. The van der Waals surface area contributed by atoms with Gasteiger partial charge in [-0.05, 0) is 32.4 Å². The molecule has 0 N–H and O–H groups in total. The minimum Gasteiger partial charge on any atom is -0.241 e. The van der Waals surface area contributed by atoms with Gasteiger partial charge in [0, 0.05) is 24.7 Å². The van der Waals surface area contributed by atoms with E-state index in [2.05, 4.69) is 4.98 Å². The molecule has 0 aliphatic rings. The lowest BCUT2D eigenvalue weighted by Crippen LogP contribution is -2.38. The normalized spacial score (nSPS) is 12.3. The Morgan fingerprint density at radius 1 is 1.50 bits per heavy atom. The summed E-state index contributed by atoms with van der Waals surface area (Å²) in [6.07, 6.45) is 1.77. The van der Waals surface area contributed by atoms with E-state index in [1.54, 1.807) is 13.8 Å². The lowest BCUT2D eigenvalue weighted by atomic mass is 10.4. The van der Waals surface area contributed by atoms with Crippen molar-refractivity contribution >= 4 is 21.6 Å². The molecule has 7 heteroatoms. The summed E-state index contributed by atoms with van der Waals surface area (Å²) in [5.74, 6) is -0.488. The molecule has 1 rings (SSSR count). The minimum absolute atomic E-state index is 0.250. The molecular formula is C11H16ClFN2O2S. The van der Waals surface area contributed by atoms with E-state index < -0.39 is 20.9 Å². The van der Waals surface area contributed by atoms with Gasteiger partial charge in [-0.3, -0.25) is 0 Å². The number of halogens is 2. The first-order chi connectivity index (χ1) is 8.41. The van der Waals surface area contributed by atoms with Crippen molar-refractivity contribution in [1.29, 1.82) is 0 Å². The van der Waals surface area contributed by atoms with Crippen LogP contribution in [0.5, 0.6) is 0 Å². The van der Waals surface area contributed by atoms with Crippen molar-refractivity contribution in [3.05, 3.63) is 24.1 Å². The van der Waals surface area contributed by atoms with E-state index in [0.29, 0.717) is 12.3 Å². The molecule has 0 aromatic carbocycles. The Kier molecular flexibility index (Phi) is 5.49. The van der Waals surface area contributed by atoms with E-state index in [1.807, 2.05) is 0 Å².